The predicted octanol–water partition coefficient (Wildman–Crippen LogP) is 3.69. The number of benzene rings is 1. The van der Waals surface area contributed by atoms with Gasteiger partial charge in [-0.1, -0.05) is 18.2 Å². The van der Waals surface area contributed by atoms with Gasteiger partial charge < -0.3 is 15.5 Å². The van der Waals surface area contributed by atoms with Gasteiger partial charge in [-0.2, -0.15) is 0 Å². The number of rotatable bonds is 7. The topological polar surface area (TPSA) is 70.2 Å². The Kier molecular flexibility index (Phi) is 5.51. The van der Waals surface area contributed by atoms with Gasteiger partial charge in [0, 0.05) is 37.3 Å². The number of amides is 1. The van der Waals surface area contributed by atoms with E-state index < -0.39 is 0 Å². The summed E-state index contributed by atoms with van der Waals surface area (Å²) in [5.74, 6) is 2.53. The van der Waals surface area contributed by atoms with Crippen LogP contribution in [0.2, 0.25) is 0 Å². The van der Waals surface area contributed by atoms with Gasteiger partial charge in [0.15, 0.2) is 0 Å². The Morgan fingerprint density at radius 2 is 2.00 bits per heavy atom. The first-order chi connectivity index (χ1) is 13.3. The van der Waals surface area contributed by atoms with Gasteiger partial charge in [-0.3, -0.25) is 4.79 Å². The minimum Gasteiger partial charge on any atom is -0.367 e. The molecule has 1 saturated heterocycles. The van der Waals surface area contributed by atoms with Crippen LogP contribution < -0.4 is 15.5 Å². The lowest BCUT2D eigenvalue weighted by molar-refractivity contribution is -0.116. The van der Waals surface area contributed by atoms with Gasteiger partial charge in [0.1, 0.15) is 18.0 Å². The van der Waals surface area contributed by atoms with Gasteiger partial charge in [-0.05, 0) is 50.2 Å². The summed E-state index contributed by atoms with van der Waals surface area (Å²) in [5.41, 5.74) is 0.865. The lowest BCUT2D eigenvalue weighted by atomic mass is 9.93. The maximum absolute atomic E-state index is 12.2. The lowest BCUT2D eigenvalue weighted by Gasteiger charge is -2.33. The van der Waals surface area contributed by atoms with Crippen molar-refractivity contribution in [2.75, 3.05) is 28.6 Å². The van der Waals surface area contributed by atoms with Crippen molar-refractivity contribution >= 4 is 23.2 Å². The minimum atomic E-state index is 0.0938. The molecule has 27 heavy (non-hydrogen) atoms. The maximum Gasteiger partial charge on any atom is 0.224 e. The molecule has 6 nitrogen and oxygen atoms in total. The number of para-hydroxylation sites is 1. The molecular weight excluding hydrogens is 338 g/mol. The van der Waals surface area contributed by atoms with Crippen LogP contribution in [0.5, 0.6) is 0 Å². The molecule has 0 spiro atoms. The highest BCUT2D eigenvalue weighted by Crippen LogP contribution is 2.28. The van der Waals surface area contributed by atoms with Crippen LogP contribution in [0.3, 0.4) is 0 Å². The summed E-state index contributed by atoms with van der Waals surface area (Å²) >= 11 is 0. The third-order valence-corrected chi connectivity index (χ3v) is 5.26. The van der Waals surface area contributed by atoms with E-state index in [0.29, 0.717) is 18.4 Å². The molecule has 1 aliphatic carbocycles. The zero-order valence-corrected chi connectivity index (χ0v) is 15.6. The van der Waals surface area contributed by atoms with Crippen LogP contribution in [0, 0.1) is 5.92 Å². The van der Waals surface area contributed by atoms with Crippen molar-refractivity contribution in [3.05, 3.63) is 42.7 Å². The van der Waals surface area contributed by atoms with E-state index in [4.69, 9.17) is 0 Å². The van der Waals surface area contributed by atoms with E-state index in [-0.39, 0.29) is 5.91 Å². The predicted molar refractivity (Wildman–Crippen MR) is 108 cm³/mol. The van der Waals surface area contributed by atoms with Crippen LogP contribution in [0.15, 0.2) is 42.7 Å². The molecule has 1 amide bonds. The number of hydrogen-bond acceptors (Lipinski definition) is 5. The summed E-state index contributed by atoms with van der Waals surface area (Å²) in [6.45, 7) is 1.98. The molecule has 1 aromatic heterocycles. The Morgan fingerprint density at radius 3 is 2.81 bits per heavy atom. The number of hydrogen-bond donors (Lipinski definition) is 2. The molecule has 1 aromatic carbocycles. The van der Waals surface area contributed by atoms with Gasteiger partial charge in [0.05, 0.1) is 0 Å². The van der Waals surface area contributed by atoms with E-state index >= 15 is 0 Å². The second-order valence-corrected chi connectivity index (χ2v) is 7.59. The zero-order valence-electron chi connectivity index (χ0n) is 15.6. The highest BCUT2D eigenvalue weighted by Gasteiger charge is 2.24. The standard InChI is InChI=1S/C21H27N5O/c27-21(25-17-6-2-1-3-7-17)11-8-16-5-4-12-26(14-16)20-13-19(22-15-23-20)24-18-9-10-18/h1-3,6-7,13,15-16,18H,4-5,8-12,14H2,(H,25,27)(H,22,23,24)/t16-/m1/s1. The maximum atomic E-state index is 12.2. The third kappa shape index (κ3) is 5.18. The van der Waals surface area contributed by atoms with Crippen molar-refractivity contribution in [2.45, 2.75) is 44.6 Å². The Labute approximate surface area is 160 Å². The van der Waals surface area contributed by atoms with Crippen molar-refractivity contribution in [1.82, 2.24) is 9.97 Å². The largest absolute Gasteiger partial charge is 0.367 e. The average molecular weight is 365 g/mol. The molecule has 1 aliphatic heterocycles. The SMILES string of the molecule is O=C(CC[C@H]1CCCN(c2cc(NC3CC3)ncn2)C1)Nc1ccccc1. The molecule has 2 aromatic rings. The monoisotopic (exact) mass is 365 g/mol. The number of nitrogens with one attached hydrogen (secondary N) is 2. The highest BCUT2D eigenvalue weighted by atomic mass is 16.1. The molecule has 1 atom stereocenters. The Hall–Kier alpha value is -2.63. The van der Waals surface area contributed by atoms with Crippen LogP contribution in [-0.2, 0) is 4.79 Å². The molecular formula is C21H27N5O. The van der Waals surface area contributed by atoms with E-state index in [1.807, 2.05) is 30.3 Å². The fourth-order valence-electron chi connectivity index (χ4n) is 3.62. The van der Waals surface area contributed by atoms with Crippen LogP contribution in [0.4, 0.5) is 17.3 Å². The first-order valence-electron chi connectivity index (χ1n) is 9.95. The van der Waals surface area contributed by atoms with Crippen molar-refractivity contribution < 1.29 is 4.79 Å². The number of piperidine rings is 1. The van der Waals surface area contributed by atoms with Gasteiger partial charge in [0.25, 0.3) is 0 Å². The summed E-state index contributed by atoms with van der Waals surface area (Å²) < 4.78 is 0. The smallest absolute Gasteiger partial charge is 0.224 e. The Bertz CT molecular complexity index is 762. The quantitative estimate of drug-likeness (QED) is 0.783. The van der Waals surface area contributed by atoms with E-state index in [1.54, 1.807) is 6.33 Å². The minimum absolute atomic E-state index is 0.0938. The van der Waals surface area contributed by atoms with Crippen molar-refractivity contribution in [1.29, 1.82) is 0 Å². The molecule has 0 unspecified atom stereocenters. The summed E-state index contributed by atoms with van der Waals surface area (Å²) in [5, 5.41) is 6.41. The molecule has 0 bridgehead atoms. The van der Waals surface area contributed by atoms with Gasteiger partial charge in [-0.25, -0.2) is 9.97 Å². The number of anilines is 3. The van der Waals surface area contributed by atoms with Gasteiger partial charge in [0.2, 0.25) is 5.91 Å². The normalized spacial score (nSPS) is 19.6. The van der Waals surface area contributed by atoms with Crippen LogP contribution in [0.1, 0.15) is 38.5 Å². The summed E-state index contributed by atoms with van der Waals surface area (Å²) in [4.78, 5) is 23.3. The molecule has 2 N–H and O–H groups in total. The van der Waals surface area contributed by atoms with Gasteiger partial charge >= 0.3 is 0 Å². The second-order valence-electron chi connectivity index (χ2n) is 7.59. The first kappa shape index (κ1) is 17.8. The zero-order chi connectivity index (χ0) is 18.5. The Balaban J connectivity index is 1.28. The molecule has 2 fully saturated rings. The van der Waals surface area contributed by atoms with Crippen molar-refractivity contribution in [3.8, 4) is 0 Å². The van der Waals surface area contributed by atoms with Crippen LogP contribution in [0.25, 0.3) is 0 Å². The number of carbonyl (C=O) groups excluding carboxylic acids is 1. The number of carbonyl (C=O) groups is 1. The number of aromatic nitrogens is 2. The summed E-state index contributed by atoms with van der Waals surface area (Å²) in [7, 11) is 0. The molecule has 2 heterocycles. The van der Waals surface area contributed by atoms with Crippen LogP contribution >= 0.6 is 0 Å². The summed E-state index contributed by atoms with van der Waals surface area (Å²) in [6.07, 6.45) is 7.90. The molecule has 4 rings (SSSR count). The van der Waals surface area contributed by atoms with Crippen molar-refractivity contribution in [2.24, 2.45) is 5.92 Å². The third-order valence-electron chi connectivity index (χ3n) is 5.26. The molecule has 1 saturated carbocycles. The molecule has 0 radical (unpaired) electrons. The molecule has 2 aliphatic rings. The molecule has 142 valence electrons. The number of nitrogens with zero attached hydrogens (tertiary/aromatic N) is 3. The van der Waals surface area contributed by atoms with E-state index in [2.05, 4.69) is 31.6 Å². The van der Waals surface area contributed by atoms with E-state index in [9.17, 15) is 4.79 Å². The van der Waals surface area contributed by atoms with E-state index in [1.165, 1.54) is 19.3 Å². The van der Waals surface area contributed by atoms with E-state index in [0.717, 1.165) is 43.3 Å². The Morgan fingerprint density at radius 1 is 1.15 bits per heavy atom. The fourth-order valence-corrected chi connectivity index (χ4v) is 3.62. The highest BCUT2D eigenvalue weighted by molar-refractivity contribution is 5.90. The second kappa shape index (κ2) is 8.37. The van der Waals surface area contributed by atoms with Crippen molar-refractivity contribution in [3.63, 3.8) is 0 Å². The van der Waals surface area contributed by atoms with Gasteiger partial charge in [-0.15, -0.1) is 0 Å². The fraction of sp³-hybridized carbons (Fsp3) is 0.476. The van der Waals surface area contributed by atoms with Crippen LogP contribution in [-0.4, -0.2) is 35.0 Å². The average Bonchev–Trinajstić information content (AvgIpc) is 3.52. The first-order valence-corrected chi connectivity index (χ1v) is 9.95. The summed E-state index contributed by atoms with van der Waals surface area (Å²) in [6, 6.07) is 12.3. The molecule has 6 heteroatoms. The lowest BCUT2D eigenvalue weighted by Crippen LogP contribution is -2.36.